The number of nitrogens with one attached hydrogen (secondary N) is 1. The smallest absolute Gasteiger partial charge is 0.272 e. The molecule has 0 spiro atoms. The molecule has 0 fully saturated rings. The van der Waals surface area contributed by atoms with Crippen molar-refractivity contribution in [2.45, 2.75) is 6.10 Å². The summed E-state index contributed by atoms with van der Waals surface area (Å²) in [5, 5.41) is 17.0. The van der Waals surface area contributed by atoms with E-state index in [4.69, 9.17) is 0 Å². The Balaban J connectivity index is 2.02. The van der Waals surface area contributed by atoms with Crippen molar-refractivity contribution in [2.75, 3.05) is 6.54 Å². The first-order chi connectivity index (χ1) is 9.09. The minimum absolute atomic E-state index is 0.0891. The lowest BCUT2D eigenvalue weighted by Crippen LogP contribution is -2.29. The van der Waals surface area contributed by atoms with Gasteiger partial charge < -0.3 is 10.4 Å². The molecule has 2 aromatic rings. The largest absolute Gasteiger partial charge is 0.386 e. The zero-order valence-corrected chi connectivity index (χ0v) is 10.3. The van der Waals surface area contributed by atoms with Gasteiger partial charge in [-0.15, -0.1) is 5.10 Å². The van der Waals surface area contributed by atoms with Gasteiger partial charge in [-0.1, -0.05) is 10.6 Å². The molecule has 1 heterocycles. The number of halogens is 2. The second kappa shape index (κ2) is 5.81. The molecule has 5 nitrogen and oxygen atoms in total. The quantitative estimate of drug-likeness (QED) is 0.887. The van der Waals surface area contributed by atoms with Crippen molar-refractivity contribution in [2.24, 2.45) is 0 Å². The average Bonchev–Trinajstić information content (AvgIpc) is 2.89. The van der Waals surface area contributed by atoms with Crippen molar-refractivity contribution in [3.05, 3.63) is 46.5 Å². The van der Waals surface area contributed by atoms with Gasteiger partial charge in [0.15, 0.2) is 5.69 Å². The first kappa shape index (κ1) is 13.5. The molecule has 0 saturated carbocycles. The fraction of sp³-hybridized carbons (Fsp3) is 0.182. The van der Waals surface area contributed by atoms with Crippen molar-refractivity contribution in [3.63, 3.8) is 0 Å². The third-order valence-electron chi connectivity index (χ3n) is 2.38. The van der Waals surface area contributed by atoms with Crippen LogP contribution in [-0.4, -0.2) is 27.1 Å². The predicted molar refractivity (Wildman–Crippen MR) is 63.6 cm³/mol. The molecule has 1 amide bonds. The van der Waals surface area contributed by atoms with Crippen molar-refractivity contribution < 1.29 is 18.7 Å². The van der Waals surface area contributed by atoms with Gasteiger partial charge >= 0.3 is 0 Å². The lowest BCUT2D eigenvalue weighted by atomic mass is 10.1. The van der Waals surface area contributed by atoms with E-state index in [1.807, 2.05) is 0 Å². The Hall–Kier alpha value is -1.93. The Morgan fingerprint density at radius 2 is 2.11 bits per heavy atom. The number of nitrogens with zero attached hydrogens (tertiary/aromatic N) is 2. The summed E-state index contributed by atoms with van der Waals surface area (Å²) in [6.45, 7) is -0.325. The molecule has 1 aromatic heterocycles. The molecule has 100 valence electrons. The van der Waals surface area contributed by atoms with Crippen molar-refractivity contribution >= 4 is 17.4 Å². The van der Waals surface area contributed by atoms with Crippen LogP contribution in [0.25, 0.3) is 0 Å². The summed E-state index contributed by atoms with van der Waals surface area (Å²) in [5.41, 5.74) is -0.384. The summed E-state index contributed by atoms with van der Waals surface area (Å²) < 4.78 is 30.2. The number of rotatable bonds is 4. The second-order valence-corrected chi connectivity index (χ2v) is 4.26. The highest BCUT2D eigenvalue weighted by molar-refractivity contribution is 7.03. The maximum absolute atomic E-state index is 13.4. The van der Waals surface area contributed by atoms with E-state index in [0.717, 1.165) is 23.7 Å². The number of carbonyl (C=O) groups excluding carboxylic acids is 1. The Labute approximate surface area is 111 Å². The van der Waals surface area contributed by atoms with Crippen LogP contribution < -0.4 is 5.32 Å². The number of hydrogen-bond donors (Lipinski definition) is 2. The number of aliphatic hydroxyl groups is 1. The molecule has 1 atom stereocenters. The van der Waals surface area contributed by atoms with Gasteiger partial charge in [-0.25, -0.2) is 8.78 Å². The van der Waals surface area contributed by atoms with E-state index in [-0.39, 0.29) is 12.2 Å². The van der Waals surface area contributed by atoms with Crippen molar-refractivity contribution in [1.29, 1.82) is 0 Å². The fourth-order valence-corrected chi connectivity index (χ4v) is 1.91. The first-order valence-electron chi connectivity index (χ1n) is 5.27. The molecule has 2 rings (SSSR count). The van der Waals surface area contributed by atoms with E-state index < -0.39 is 29.2 Å². The number of amides is 1. The van der Waals surface area contributed by atoms with E-state index in [9.17, 15) is 18.7 Å². The zero-order valence-electron chi connectivity index (χ0n) is 9.51. The summed E-state index contributed by atoms with van der Waals surface area (Å²) >= 11 is 0.999. The molecule has 1 aromatic carbocycles. The van der Waals surface area contributed by atoms with Gasteiger partial charge in [0, 0.05) is 11.9 Å². The summed E-state index contributed by atoms with van der Waals surface area (Å²) in [5.74, 6) is -2.29. The van der Waals surface area contributed by atoms with E-state index in [2.05, 4.69) is 14.9 Å². The normalized spacial score (nSPS) is 12.2. The van der Waals surface area contributed by atoms with Gasteiger partial charge in [0.2, 0.25) is 0 Å². The maximum atomic E-state index is 13.4. The number of benzene rings is 1. The molecule has 1 unspecified atom stereocenters. The maximum Gasteiger partial charge on any atom is 0.272 e. The van der Waals surface area contributed by atoms with E-state index >= 15 is 0 Å². The predicted octanol–water partition coefficient (Wildman–Crippen LogP) is 1.28. The van der Waals surface area contributed by atoms with Crippen LogP contribution in [0.15, 0.2) is 23.6 Å². The molecule has 8 heteroatoms. The lowest BCUT2D eigenvalue weighted by Gasteiger charge is -2.13. The van der Waals surface area contributed by atoms with Gasteiger partial charge in [0.25, 0.3) is 5.91 Å². The monoisotopic (exact) mass is 285 g/mol. The van der Waals surface area contributed by atoms with Gasteiger partial charge in [-0.05, 0) is 23.7 Å². The summed E-state index contributed by atoms with van der Waals surface area (Å²) in [6.07, 6.45) is -1.48. The SMILES string of the molecule is O=C(NCC(O)c1c(F)cccc1F)c1csnn1. The third kappa shape index (κ3) is 3.09. The molecule has 0 aliphatic carbocycles. The first-order valence-corrected chi connectivity index (χ1v) is 6.10. The van der Waals surface area contributed by atoms with E-state index in [1.165, 1.54) is 11.4 Å². The molecule has 19 heavy (non-hydrogen) atoms. The van der Waals surface area contributed by atoms with Crippen molar-refractivity contribution in [1.82, 2.24) is 14.9 Å². The number of carbonyl (C=O) groups is 1. The van der Waals surface area contributed by atoms with E-state index in [1.54, 1.807) is 0 Å². The standard InChI is InChI=1S/C11H9F2N3O2S/c12-6-2-1-3-7(13)10(6)9(17)4-14-11(18)8-5-19-16-15-8/h1-3,5,9,17H,4H2,(H,14,18). The molecule has 0 aliphatic heterocycles. The fourth-order valence-electron chi connectivity index (χ4n) is 1.47. The number of aliphatic hydroxyl groups excluding tert-OH is 1. The van der Waals surface area contributed by atoms with Crippen LogP contribution in [0, 0.1) is 11.6 Å². The van der Waals surface area contributed by atoms with Gasteiger partial charge in [0.05, 0.1) is 5.56 Å². The molecule has 0 saturated heterocycles. The summed E-state index contributed by atoms with van der Waals surface area (Å²) in [7, 11) is 0. The highest BCUT2D eigenvalue weighted by Gasteiger charge is 2.19. The van der Waals surface area contributed by atoms with Crippen LogP contribution in [0.2, 0.25) is 0 Å². The van der Waals surface area contributed by atoms with Crippen LogP contribution >= 0.6 is 11.5 Å². The van der Waals surface area contributed by atoms with Crippen LogP contribution in [0.3, 0.4) is 0 Å². The van der Waals surface area contributed by atoms with Crippen LogP contribution in [-0.2, 0) is 0 Å². The average molecular weight is 285 g/mol. The number of hydrogen-bond acceptors (Lipinski definition) is 5. The Morgan fingerprint density at radius 3 is 2.68 bits per heavy atom. The summed E-state index contributed by atoms with van der Waals surface area (Å²) in [4.78, 5) is 11.5. The van der Waals surface area contributed by atoms with Crippen molar-refractivity contribution in [3.8, 4) is 0 Å². The molecule has 0 aliphatic rings. The molecule has 0 radical (unpaired) electrons. The van der Waals surface area contributed by atoms with E-state index in [0.29, 0.717) is 0 Å². The van der Waals surface area contributed by atoms with Crippen LogP contribution in [0.5, 0.6) is 0 Å². The minimum atomic E-state index is -1.48. The Bertz CT molecular complexity index is 557. The zero-order chi connectivity index (χ0) is 13.8. The molecule has 2 N–H and O–H groups in total. The third-order valence-corrected chi connectivity index (χ3v) is 2.89. The summed E-state index contributed by atoms with van der Waals surface area (Å²) in [6, 6.07) is 3.27. The molecular weight excluding hydrogens is 276 g/mol. The highest BCUT2D eigenvalue weighted by Crippen LogP contribution is 2.19. The lowest BCUT2D eigenvalue weighted by molar-refractivity contribution is 0.0906. The Kier molecular flexibility index (Phi) is 4.13. The van der Waals surface area contributed by atoms with Gasteiger partial charge in [-0.2, -0.15) is 0 Å². The van der Waals surface area contributed by atoms with Gasteiger partial charge in [0.1, 0.15) is 17.7 Å². The minimum Gasteiger partial charge on any atom is -0.386 e. The second-order valence-electron chi connectivity index (χ2n) is 3.65. The number of aromatic nitrogens is 2. The highest BCUT2D eigenvalue weighted by atomic mass is 32.1. The topological polar surface area (TPSA) is 75.1 Å². The van der Waals surface area contributed by atoms with Crippen LogP contribution in [0.1, 0.15) is 22.2 Å². The Morgan fingerprint density at radius 1 is 1.42 bits per heavy atom. The van der Waals surface area contributed by atoms with Crippen LogP contribution in [0.4, 0.5) is 8.78 Å². The molecule has 0 bridgehead atoms. The molecular formula is C11H9F2N3O2S. The van der Waals surface area contributed by atoms with Gasteiger partial charge in [-0.3, -0.25) is 4.79 Å².